The zero-order valence-electron chi connectivity index (χ0n) is 20.0. The van der Waals surface area contributed by atoms with Crippen molar-refractivity contribution in [2.75, 3.05) is 17.4 Å². The van der Waals surface area contributed by atoms with E-state index in [1.54, 1.807) is 24.3 Å². The third kappa shape index (κ3) is 6.06. The highest BCUT2D eigenvalue weighted by atomic mass is 35.5. The summed E-state index contributed by atoms with van der Waals surface area (Å²) in [6.45, 7) is 2.96. The number of hydrogen-bond acceptors (Lipinski definition) is 4. The molecule has 0 radical (unpaired) electrons. The third-order valence-electron chi connectivity index (χ3n) is 6.14. The van der Waals surface area contributed by atoms with Crippen LogP contribution in [0, 0.1) is 6.92 Å². The first-order valence-corrected chi connectivity index (χ1v) is 13.5. The van der Waals surface area contributed by atoms with Gasteiger partial charge in [0.25, 0.3) is 10.0 Å². The molecule has 1 fully saturated rings. The van der Waals surface area contributed by atoms with Gasteiger partial charge in [-0.3, -0.25) is 13.9 Å². The van der Waals surface area contributed by atoms with Crippen LogP contribution >= 0.6 is 11.6 Å². The number of sulfonamides is 1. The number of carbonyl (C=O) groups is 2. The van der Waals surface area contributed by atoms with Crippen LogP contribution < -0.4 is 9.62 Å². The summed E-state index contributed by atoms with van der Waals surface area (Å²) in [5.41, 5.74) is 3.20. The predicted molar refractivity (Wildman–Crippen MR) is 140 cm³/mol. The van der Waals surface area contributed by atoms with Crippen LogP contribution in [0.3, 0.4) is 0 Å². The van der Waals surface area contributed by atoms with Gasteiger partial charge >= 0.3 is 0 Å². The van der Waals surface area contributed by atoms with Crippen molar-refractivity contribution >= 4 is 39.1 Å². The highest BCUT2D eigenvalue weighted by molar-refractivity contribution is 7.92. The minimum absolute atomic E-state index is 0.0425. The molecular weight excluding hydrogens is 498 g/mol. The third-order valence-corrected chi connectivity index (χ3v) is 8.18. The minimum atomic E-state index is -4.02. The average Bonchev–Trinajstić information content (AvgIpc) is 3.27. The highest BCUT2D eigenvalue weighted by Crippen LogP contribution is 2.25. The van der Waals surface area contributed by atoms with Gasteiger partial charge in [0.2, 0.25) is 11.8 Å². The van der Waals surface area contributed by atoms with E-state index >= 15 is 0 Å². The second kappa shape index (κ2) is 11.1. The maximum atomic E-state index is 13.5. The molecule has 0 unspecified atom stereocenters. The zero-order valence-corrected chi connectivity index (χ0v) is 21.6. The van der Waals surface area contributed by atoms with Crippen LogP contribution in [-0.4, -0.2) is 38.2 Å². The molecule has 1 N–H and O–H groups in total. The molecule has 188 valence electrons. The molecule has 36 heavy (non-hydrogen) atoms. The van der Waals surface area contributed by atoms with Crippen molar-refractivity contribution in [1.29, 1.82) is 0 Å². The van der Waals surface area contributed by atoms with Crippen LogP contribution in [0.1, 0.15) is 29.5 Å². The number of rotatable bonds is 9. The predicted octanol–water partition coefficient (Wildman–Crippen LogP) is 4.28. The van der Waals surface area contributed by atoms with Crippen molar-refractivity contribution in [2.24, 2.45) is 0 Å². The molecule has 0 bridgehead atoms. The van der Waals surface area contributed by atoms with Gasteiger partial charge in [-0.1, -0.05) is 53.6 Å². The van der Waals surface area contributed by atoms with Gasteiger partial charge in [-0.25, -0.2) is 8.42 Å². The zero-order chi connectivity index (χ0) is 25.7. The first kappa shape index (κ1) is 25.7. The van der Waals surface area contributed by atoms with Gasteiger partial charge < -0.3 is 10.2 Å². The van der Waals surface area contributed by atoms with E-state index in [-0.39, 0.29) is 23.9 Å². The molecule has 0 aliphatic carbocycles. The quantitative estimate of drug-likeness (QED) is 0.451. The molecule has 0 atom stereocenters. The van der Waals surface area contributed by atoms with Gasteiger partial charge in [-0.05, 0) is 60.9 Å². The summed E-state index contributed by atoms with van der Waals surface area (Å²) in [6.07, 6.45) is 1.42. The maximum Gasteiger partial charge on any atom is 0.264 e. The number of nitrogens with zero attached hydrogens (tertiary/aromatic N) is 2. The summed E-state index contributed by atoms with van der Waals surface area (Å²) < 4.78 is 28.1. The van der Waals surface area contributed by atoms with Crippen molar-refractivity contribution < 1.29 is 18.0 Å². The molecular formula is C27H28ClN3O4S. The summed E-state index contributed by atoms with van der Waals surface area (Å²) >= 11 is 5.94. The number of likely N-dealkylation sites (tertiary alicyclic amines) is 1. The van der Waals surface area contributed by atoms with Crippen LogP contribution in [0.2, 0.25) is 5.02 Å². The van der Waals surface area contributed by atoms with E-state index in [9.17, 15) is 18.0 Å². The fourth-order valence-electron chi connectivity index (χ4n) is 4.10. The van der Waals surface area contributed by atoms with Gasteiger partial charge in [0.1, 0.15) is 6.54 Å². The van der Waals surface area contributed by atoms with E-state index in [2.05, 4.69) is 5.32 Å². The Labute approximate surface area is 216 Å². The fraction of sp³-hybridized carbons (Fsp3) is 0.259. The van der Waals surface area contributed by atoms with Gasteiger partial charge in [-0.2, -0.15) is 0 Å². The first-order chi connectivity index (χ1) is 17.2. The van der Waals surface area contributed by atoms with Crippen LogP contribution in [0.4, 0.5) is 5.69 Å². The number of aryl methyl sites for hydroxylation is 1. The molecule has 1 aliphatic rings. The van der Waals surface area contributed by atoms with Crippen molar-refractivity contribution in [3.63, 3.8) is 0 Å². The largest absolute Gasteiger partial charge is 0.350 e. The fourth-order valence-corrected chi connectivity index (χ4v) is 5.65. The Balaban J connectivity index is 1.51. The van der Waals surface area contributed by atoms with Crippen LogP contribution in [0.15, 0.2) is 77.7 Å². The van der Waals surface area contributed by atoms with Crippen LogP contribution in [-0.2, 0) is 32.7 Å². The van der Waals surface area contributed by atoms with Gasteiger partial charge in [-0.15, -0.1) is 0 Å². The molecule has 0 saturated carbocycles. The molecule has 3 aromatic carbocycles. The Morgan fingerprint density at radius 2 is 1.67 bits per heavy atom. The summed E-state index contributed by atoms with van der Waals surface area (Å²) in [5.74, 6) is -0.310. The maximum absolute atomic E-state index is 13.5. The van der Waals surface area contributed by atoms with Crippen molar-refractivity contribution in [3.05, 3.63) is 94.5 Å². The summed E-state index contributed by atoms with van der Waals surface area (Å²) in [7, 11) is -4.02. The molecule has 3 aromatic rings. The van der Waals surface area contributed by atoms with E-state index in [0.29, 0.717) is 23.7 Å². The lowest BCUT2D eigenvalue weighted by atomic mass is 10.1. The summed E-state index contributed by atoms with van der Waals surface area (Å²) in [4.78, 5) is 26.9. The summed E-state index contributed by atoms with van der Waals surface area (Å²) in [5, 5.41) is 3.27. The highest BCUT2D eigenvalue weighted by Gasteiger charge is 2.27. The molecule has 9 heteroatoms. The second-order valence-electron chi connectivity index (χ2n) is 8.77. The van der Waals surface area contributed by atoms with E-state index in [0.717, 1.165) is 34.0 Å². The van der Waals surface area contributed by atoms with Crippen molar-refractivity contribution in [2.45, 2.75) is 37.8 Å². The SMILES string of the molecule is Cc1ccc(N(CC(=O)NCc2ccccc2CN2CCCC2=O)S(=O)(=O)c2ccc(Cl)cc2)cc1. The van der Waals surface area contributed by atoms with Crippen molar-refractivity contribution in [1.82, 2.24) is 10.2 Å². The number of carbonyl (C=O) groups excluding carboxylic acids is 2. The molecule has 0 spiro atoms. The monoisotopic (exact) mass is 525 g/mol. The van der Waals surface area contributed by atoms with Gasteiger partial charge in [0.05, 0.1) is 10.6 Å². The lowest BCUT2D eigenvalue weighted by molar-refractivity contribution is -0.128. The number of hydrogen-bond donors (Lipinski definition) is 1. The van der Waals surface area contributed by atoms with Crippen LogP contribution in [0.5, 0.6) is 0 Å². The lowest BCUT2D eigenvalue weighted by Gasteiger charge is -2.24. The van der Waals surface area contributed by atoms with Crippen molar-refractivity contribution in [3.8, 4) is 0 Å². The molecule has 1 heterocycles. The second-order valence-corrected chi connectivity index (χ2v) is 11.1. The minimum Gasteiger partial charge on any atom is -0.350 e. The Bertz CT molecular complexity index is 1340. The van der Waals surface area contributed by atoms with Crippen LogP contribution in [0.25, 0.3) is 0 Å². The normalized spacial score (nSPS) is 13.6. The smallest absolute Gasteiger partial charge is 0.264 e. The van der Waals surface area contributed by atoms with E-state index in [4.69, 9.17) is 11.6 Å². The Morgan fingerprint density at radius 1 is 1.00 bits per heavy atom. The lowest BCUT2D eigenvalue weighted by Crippen LogP contribution is -2.40. The van der Waals surface area contributed by atoms with Gasteiger partial charge in [0.15, 0.2) is 0 Å². The Morgan fingerprint density at radius 3 is 2.31 bits per heavy atom. The molecule has 1 saturated heterocycles. The first-order valence-electron chi connectivity index (χ1n) is 11.7. The molecule has 2 amide bonds. The number of halogens is 1. The number of nitrogens with one attached hydrogen (secondary N) is 1. The van der Waals surface area contributed by atoms with Gasteiger partial charge in [0, 0.05) is 31.1 Å². The van der Waals surface area contributed by atoms with E-state index in [1.165, 1.54) is 24.3 Å². The number of anilines is 1. The molecule has 4 rings (SSSR count). The van der Waals surface area contributed by atoms with E-state index < -0.39 is 15.9 Å². The molecule has 0 aromatic heterocycles. The molecule has 1 aliphatic heterocycles. The molecule has 7 nitrogen and oxygen atoms in total. The number of amides is 2. The Kier molecular flexibility index (Phi) is 7.96. The topological polar surface area (TPSA) is 86.8 Å². The summed E-state index contributed by atoms with van der Waals surface area (Å²) in [6, 6.07) is 20.4. The van der Waals surface area contributed by atoms with E-state index in [1.807, 2.05) is 36.1 Å². The standard InChI is InChI=1S/C27H28ClN3O4S/c1-20-8-12-24(13-9-20)31(36(34,35)25-14-10-23(28)11-15-25)19-26(32)29-17-21-5-2-3-6-22(21)18-30-16-4-7-27(30)33/h2-3,5-6,8-15H,4,7,16-19H2,1H3,(H,29,32). The number of benzene rings is 3. The average molecular weight is 526 g/mol. The Hall–Kier alpha value is -3.36.